The van der Waals surface area contributed by atoms with Crippen LogP contribution in [0.3, 0.4) is 0 Å². The van der Waals surface area contributed by atoms with Gasteiger partial charge in [0, 0.05) is 25.3 Å². The van der Waals surface area contributed by atoms with E-state index in [0.29, 0.717) is 24.8 Å². The van der Waals surface area contributed by atoms with Gasteiger partial charge in [-0.2, -0.15) is 5.26 Å². The number of rotatable bonds is 4. The van der Waals surface area contributed by atoms with E-state index in [4.69, 9.17) is 19.5 Å². The second kappa shape index (κ2) is 7.98. The van der Waals surface area contributed by atoms with Gasteiger partial charge < -0.3 is 14.2 Å². The second-order valence-electron chi connectivity index (χ2n) is 6.89. The van der Waals surface area contributed by atoms with Gasteiger partial charge in [0.05, 0.1) is 11.3 Å². The SMILES string of the molecule is CC(c1ccc2c(n1)OCCO2)N1CCC(Oc2ncc(C#N)cc2F)CC1. The van der Waals surface area contributed by atoms with Crippen LogP contribution >= 0.6 is 0 Å². The van der Waals surface area contributed by atoms with Crippen LogP contribution in [0.2, 0.25) is 0 Å². The van der Waals surface area contributed by atoms with Crippen LogP contribution < -0.4 is 14.2 Å². The summed E-state index contributed by atoms with van der Waals surface area (Å²) in [5, 5.41) is 8.79. The minimum absolute atomic E-state index is 0.0426. The smallest absolute Gasteiger partial charge is 0.257 e. The number of piperidine rings is 1. The van der Waals surface area contributed by atoms with Crippen molar-refractivity contribution in [1.29, 1.82) is 5.26 Å². The molecule has 1 fully saturated rings. The predicted octanol–water partition coefficient (Wildman–Crippen LogP) is 2.86. The monoisotopic (exact) mass is 384 g/mol. The van der Waals surface area contributed by atoms with Crippen LogP contribution in [-0.4, -0.2) is 47.3 Å². The molecule has 146 valence electrons. The molecule has 0 aromatic carbocycles. The van der Waals surface area contributed by atoms with Gasteiger partial charge >= 0.3 is 0 Å². The third-order valence-corrected chi connectivity index (χ3v) is 5.09. The van der Waals surface area contributed by atoms with Crippen LogP contribution in [0.5, 0.6) is 17.5 Å². The first-order valence-corrected chi connectivity index (χ1v) is 9.37. The van der Waals surface area contributed by atoms with Gasteiger partial charge in [0.2, 0.25) is 0 Å². The summed E-state index contributed by atoms with van der Waals surface area (Å²) in [5.41, 5.74) is 1.11. The molecule has 4 rings (SSSR count). The van der Waals surface area contributed by atoms with Crippen molar-refractivity contribution in [2.24, 2.45) is 0 Å². The molecule has 28 heavy (non-hydrogen) atoms. The van der Waals surface area contributed by atoms with Crippen molar-refractivity contribution in [3.63, 3.8) is 0 Å². The van der Waals surface area contributed by atoms with E-state index in [1.54, 1.807) is 0 Å². The molecule has 2 aliphatic heterocycles. The van der Waals surface area contributed by atoms with Crippen molar-refractivity contribution in [2.45, 2.75) is 31.9 Å². The Balaban J connectivity index is 1.35. The summed E-state index contributed by atoms with van der Waals surface area (Å²) in [6.07, 6.45) is 2.74. The molecule has 0 radical (unpaired) electrons. The van der Waals surface area contributed by atoms with Crippen LogP contribution in [0.1, 0.15) is 37.1 Å². The molecule has 0 bridgehead atoms. The van der Waals surface area contributed by atoms with Gasteiger partial charge in [0.15, 0.2) is 11.6 Å². The minimum atomic E-state index is -0.602. The maximum absolute atomic E-state index is 14.0. The van der Waals surface area contributed by atoms with Crippen LogP contribution in [0.4, 0.5) is 4.39 Å². The van der Waals surface area contributed by atoms with Crippen molar-refractivity contribution < 1.29 is 18.6 Å². The van der Waals surface area contributed by atoms with Gasteiger partial charge in [-0.25, -0.2) is 14.4 Å². The van der Waals surface area contributed by atoms with Crippen molar-refractivity contribution in [3.05, 3.63) is 41.5 Å². The molecule has 1 unspecified atom stereocenters. The third-order valence-electron chi connectivity index (χ3n) is 5.09. The Bertz CT molecular complexity index is 894. The van der Waals surface area contributed by atoms with E-state index in [2.05, 4.69) is 21.8 Å². The number of halogens is 1. The van der Waals surface area contributed by atoms with Gasteiger partial charge in [-0.1, -0.05) is 0 Å². The molecule has 0 spiro atoms. The van der Waals surface area contributed by atoms with Gasteiger partial charge in [-0.05, 0) is 38.0 Å². The number of fused-ring (bicyclic) bond motifs is 1. The average Bonchev–Trinajstić information content (AvgIpc) is 2.75. The highest BCUT2D eigenvalue weighted by atomic mass is 19.1. The molecular formula is C20H21FN4O3. The summed E-state index contributed by atoms with van der Waals surface area (Å²) in [6, 6.07) is 7.01. The molecule has 2 aromatic heterocycles. The van der Waals surface area contributed by atoms with Gasteiger partial charge in [0.25, 0.3) is 11.8 Å². The Morgan fingerprint density at radius 2 is 2.07 bits per heavy atom. The lowest BCUT2D eigenvalue weighted by Gasteiger charge is -2.35. The summed E-state index contributed by atoms with van der Waals surface area (Å²) in [7, 11) is 0. The van der Waals surface area contributed by atoms with E-state index in [1.807, 2.05) is 18.2 Å². The molecular weight excluding hydrogens is 363 g/mol. The fourth-order valence-electron chi connectivity index (χ4n) is 3.48. The lowest BCUT2D eigenvalue weighted by Crippen LogP contribution is -2.40. The number of ether oxygens (including phenoxy) is 3. The van der Waals surface area contributed by atoms with Gasteiger partial charge in [-0.3, -0.25) is 4.90 Å². The largest absolute Gasteiger partial charge is 0.484 e. The van der Waals surface area contributed by atoms with Crippen molar-refractivity contribution in [1.82, 2.24) is 14.9 Å². The van der Waals surface area contributed by atoms with Crippen LogP contribution in [-0.2, 0) is 0 Å². The highest BCUT2D eigenvalue weighted by Gasteiger charge is 2.27. The van der Waals surface area contributed by atoms with Crippen LogP contribution in [0.15, 0.2) is 24.4 Å². The fraction of sp³-hybridized carbons (Fsp3) is 0.450. The van der Waals surface area contributed by atoms with Crippen LogP contribution in [0, 0.1) is 17.1 Å². The summed E-state index contributed by atoms with van der Waals surface area (Å²) in [4.78, 5) is 10.8. The predicted molar refractivity (Wildman–Crippen MR) is 97.8 cm³/mol. The Morgan fingerprint density at radius 1 is 1.29 bits per heavy atom. The summed E-state index contributed by atoms with van der Waals surface area (Å²) >= 11 is 0. The first-order valence-electron chi connectivity index (χ1n) is 9.37. The van der Waals surface area contributed by atoms with Crippen molar-refractivity contribution in [3.8, 4) is 23.6 Å². The normalized spacial score (nSPS) is 18.3. The lowest BCUT2D eigenvalue weighted by atomic mass is 10.0. The Morgan fingerprint density at radius 3 is 2.82 bits per heavy atom. The highest BCUT2D eigenvalue weighted by Crippen LogP contribution is 2.32. The zero-order chi connectivity index (χ0) is 19.5. The number of hydrogen-bond acceptors (Lipinski definition) is 7. The van der Waals surface area contributed by atoms with Crippen LogP contribution in [0.25, 0.3) is 0 Å². The highest BCUT2D eigenvalue weighted by molar-refractivity contribution is 5.36. The van der Waals surface area contributed by atoms with E-state index >= 15 is 0 Å². The molecule has 4 heterocycles. The maximum atomic E-state index is 14.0. The van der Waals surface area contributed by atoms with Gasteiger partial charge in [0.1, 0.15) is 25.4 Å². The third kappa shape index (κ3) is 3.85. The minimum Gasteiger partial charge on any atom is -0.484 e. The molecule has 2 aromatic rings. The van der Waals surface area contributed by atoms with E-state index < -0.39 is 5.82 Å². The number of pyridine rings is 2. The standard InChI is InChI=1S/C20H21FN4O3/c1-13(17-2-3-18-20(24-17)27-9-8-26-18)25-6-4-15(5-7-25)28-19-16(21)10-14(11-22)12-23-19/h2-3,10,12-13,15H,4-9H2,1H3. The number of nitrogens with zero attached hydrogens (tertiary/aromatic N) is 4. The van der Waals surface area contributed by atoms with Crippen molar-refractivity contribution in [2.75, 3.05) is 26.3 Å². The Kier molecular flexibility index (Phi) is 5.26. The summed E-state index contributed by atoms with van der Waals surface area (Å²) in [6.45, 7) is 4.79. The van der Waals surface area contributed by atoms with E-state index in [-0.39, 0.29) is 23.6 Å². The number of likely N-dealkylation sites (tertiary alicyclic amines) is 1. The first-order chi connectivity index (χ1) is 13.6. The fourth-order valence-corrected chi connectivity index (χ4v) is 3.48. The number of hydrogen-bond donors (Lipinski definition) is 0. The molecule has 0 aliphatic carbocycles. The molecule has 8 heteroatoms. The summed E-state index contributed by atoms with van der Waals surface area (Å²) < 4.78 is 30.8. The molecule has 0 N–H and O–H groups in total. The zero-order valence-electron chi connectivity index (χ0n) is 15.6. The van der Waals surface area contributed by atoms with E-state index in [0.717, 1.165) is 37.7 Å². The molecule has 0 saturated carbocycles. The lowest BCUT2D eigenvalue weighted by molar-refractivity contribution is 0.0724. The quantitative estimate of drug-likeness (QED) is 0.802. The maximum Gasteiger partial charge on any atom is 0.257 e. The first kappa shape index (κ1) is 18.4. The molecule has 2 aliphatic rings. The molecule has 7 nitrogen and oxygen atoms in total. The molecule has 1 atom stereocenters. The Labute approximate surface area is 162 Å². The zero-order valence-corrected chi connectivity index (χ0v) is 15.6. The topological polar surface area (TPSA) is 80.5 Å². The van der Waals surface area contributed by atoms with Gasteiger partial charge in [-0.15, -0.1) is 0 Å². The Hall–Kier alpha value is -2.92. The molecule has 1 saturated heterocycles. The van der Waals surface area contributed by atoms with E-state index in [1.165, 1.54) is 6.20 Å². The average molecular weight is 384 g/mol. The number of nitriles is 1. The second-order valence-corrected chi connectivity index (χ2v) is 6.89. The molecule has 0 amide bonds. The van der Waals surface area contributed by atoms with E-state index in [9.17, 15) is 4.39 Å². The van der Waals surface area contributed by atoms with Crippen molar-refractivity contribution >= 4 is 0 Å². The summed E-state index contributed by atoms with van der Waals surface area (Å²) in [5.74, 6) is 0.594. The number of aromatic nitrogens is 2.